The van der Waals surface area contributed by atoms with Gasteiger partial charge in [-0.05, 0) is 13.0 Å². The monoisotopic (exact) mass is 183 g/mol. The fraction of sp³-hybridized carbons (Fsp3) is 0.750. The van der Waals surface area contributed by atoms with Crippen LogP contribution in [0.5, 0.6) is 0 Å². The number of rotatable bonds is 0. The lowest BCUT2D eigenvalue weighted by Gasteiger charge is -2.26. The summed E-state index contributed by atoms with van der Waals surface area (Å²) in [5.74, 6) is -0.0787. The fourth-order valence-electron chi connectivity index (χ4n) is 2.10. The van der Waals surface area contributed by atoms with Crippen LogP contribution in [0.3, 0.4) is 0 Å². The van der Waals surface area contributed by atoms with E-state index in [1.54, 1.807) is 11.9 Å². The average molecular weight is 183 g/mol. The molecule has 1 spiro atoms. The molecule has 5 heteroatoms. The number of hydrogen-bond acceptors (Lipinski definition) is 3. The highest BCUT2D eigenvalue weighted by Crippen LogP contribution is 2.30. The van der Waals surface area contributed by atoms with Crippen molar-refractivity contribution in [2.75, 3.05) is 27.2 Å². The van der Waals surface area contributed by atoms with Gasteiger partial charge in [0.25, 0.3) is 5.91 Å². The first-order chi connectivity index (χ1) is 6.09. The van der Waals surface area contributed by atoms with Crippen LogP contribution in [0.4, 0.5) is 4.79 Å². The fourth-order valence-corrected chi connectivity index (χ4v) is 2.10. The van der Waals surface area contributed by atoms with E-state index in [0.717, 1.165) is 13.0 Å². The first-order valence-corrected chi connectivity index (χ1v) is 4.36. The smallest absolute Gasteiger partial charge is 0.314 e. The van der Waals surface area contributed by atoms with Crippen LogP contribution in [0.2, 0.25) is 0 Å². The van der Waals surface area contributed by atoms with Gasteiger partial charge in [0, 0.05) is 20.6 Å². The summed E-state index contributed by atoms with van der Waals surface area (Å²) in [6.07, 6.45) is 0.721. The molecule has 2 aliphatic heterocycles. The Labute approximate surface area is 76.7 Å². The highest BCUT2D eigenvalue weighted by Gasteiger charge is 2.55. The number of urea groups is 1. The molecule has 13 heavy (non-hydrogen) atoms. The second-order valence-corrected chi connectivity index (χ2v) is 3.66. The van der Waals surface area contributed by atoms with Gasteiger partial charge in [-0.15, -0.1) is 0 Å². The molecular formula is C8H13N3O2. The zero-order valence-electron chi connectivity index (χ0n) is 7.83. The maximum absolute atomic E-state index is 11.8. The van der Waals surface area contributed by atoms with Crippen molar-refractivity contribution in [3.8, 4) is 0 Å². The van der Waals surface area contributed by atoms with Crippen molar-refractivity contribution in [2.24, 2.45) is 0 Å². The Bertz CT molecular complexity index is 271. The number of carbonyl (C=O) groups excluding carboxylic acids is 2. The molecule has 2 heterocycles. The molecule has 5 nitrogen and oxygen atoms in total. The molecule has 0 saturated carbocycles. The second-order valence-electron chi connectivity index (χ2n) is 3.66. The first-order valence-electron chi connectivity index (χ1n) is 4.36. The summed E-state index contributed by atoms with van der Waals surface area (Å²) in [5.41, 5.74) is -0.591. The molecule has 2 saturated heterocycles. The summed E-state index contributed by atoms with van der Waals surface area (Å²) in [6, 6.07) is -0.200. The van der Waals surface area contributed by atoms with Gasteiger partial charge in [-0.1, -0.05) is 0 Å². The number of amides is 3. The second kappa shape index (κ2) is 2.45. The van der Waals surface area contributed by atoms with Gasteiger partial charge in [-0.2, -0.15) is 0 Å². The van der Waals surface area contributed by atoms with Gasteiger partial charge in [0.1, 0.15) is 5.54 Å². The van der Waals surface area contributed by atoms with Gasteiger partial charge in [0.05, 0.1) is 0 Å². The van der Waals surface area contributed by atoms with E-state index in [2.05, 4.69) is 5.32 Å². The lowest BCUT2D eigenvalue weighted by atomic mass is 9.97. The lowest BCUT2D eigenvalue weighted by Crippen LogP contribution is -2.49. The summed E-state index contributed by atoms with van der Waals surface area (Å²) >= 11 is 0. The Morgan fingerprint density at radius 1 is 1.38 bits per heavy atom. The standard InChI is InChI=1S/C8H13N3O2/c1-10-6(12)8(3-4-9-5-8)11(2)7(10)13/h9H,3-5H2,1-2H3/t8-/m0/s1. The van der Waals surface area contributed by atoms with Crippen LogP contribution in [0.1, 0.15) is 6.42 Å². The minimum atomic E-state index is -0.591. The normalized spacial score (nSPS) is 34.0. The first kappa shape index (κ1) is 8.50. The van der Waals surface area contributed by atoms with Gasteiger partial charge in [0.2, 0.25) is 0 Å². The third-order valence-electron chi connectivity index (χ3n) is 3.05. The molecule has 2 aliphatic rings. The van der Waals surface area contributed by atoms with E-state index < -0.39 is 5.54 Å². The SMILES string of the molecule is CN1C(=O)N(C)[C@]2(CCNC2)C1=O. The van der Waals surface area contributed by atoms with Crippen LogP contribution in [0.25, 0.3) is 0 Å². The Kier molecular flexibility index (Phi) is 1.60. The number of nitrogens with one attached hydrogen (secondary N) is 1. The number of imide groups is 1. The molecule has 3 amide bonds. The minimum absolute atomic E-state index is 0.0787. The van der Waals surface area contributed by atoms with Crippen LogP contribution < -0.4 is 5.32 Å². The largest absolute Gasteiger partial charge is 0.327 e. The van der Waals surface area contributed by atoms with E-state index >= 15 is 0 Å². The highest BCUT2D eigenvalue weighted by molar-refractivity contribution is 6.07. The predicted octanol–water partition coefficient (Wildman–Crippen LogP) is -0.758. The Balaban J connectivity index is 2.38. The number of likely N-dealkylation sites (N-methyl/N-ethyl adjacent to an activating group) is 2. The van der Waals surface area contributed by atoms with Gasteiger partial charge in [-0.3, -0.25) is 9.69 Å². The zero-order chi connectivity index (χ0) is 9.64. The summed E-state index contributed by atoms with van der Waals surface area (Å²) < 4.78 is 0. The Hall–Kier alpha value is -1.10. The van der Waals surface area contributed by atoms with Crippen molar-refractivity contribution in [2.45, 2.75) is 12.0 Å². The minimum Gasteiger partial charge on any atom is -0.314 e. The third-order valence-corrected chi connectivity index (χ3v) is 3.05. The molecular weight excluding hydrogens is 170 g/mol. The molecule has 2 fully saturated rings. The highest BCUT2D eigenvalue weighted by atomic mass is 16.2. The van der Waals surface area contributed by atoms with Gasteiger partial charge < -0.3 is 10.2 Å². The van der Waals surface area contributed by atoms with E-state index in [9.17, 15) is 9.59 Å². The van der Waals surface area contributed by atoms with Crippen LogP contribution in [-0.2, 0) is 4.79 Å². The van der Waals surface area contributed by atoms with Gasteiger partial charge in [0.15, 0.2) is 0 Å². The number of nitrogens with zero attached hydrogens (tertiary/aromatic N) is 2. The van der Waals surface area contributed by atoms with Crippen molar-refractivity contribution in [3.63, 3.8) is 0 Å². The van der Waals surface area contributed by atoms with Crippen molar-refractivity contribution >= 4 is 11.9 Å². The summed E-state index contributed by atoms with van der Waals surface area (Å²) in [5, 5.41) is 3.12. The van der Waals surface area contributed by atoms with Crippen molar-refractivity contribution < 1.29 is 9.59 Å². The quantitative estimate of drug-likeness (QED) is 0.502. The molecule has 0 aromatic rings. The topological polar surface area (TPSA) is 52.7 Å². The third kappa shape index (κ3) is 0.848. The molecule has 1 atom stereocenters. The van der Waals surface area contributed by atoms with E-state index in [0.29, 0.717) is 6.54 Å². The van der Waals surface area contributed by atoms with Crippen LogP contribution in [0, 0.1) is 0 Å². The molecule has 0 radical (unpaired) electrons. The van der Waals surface area contributed by atoms with Crippen LogP contribution >= 0.6 is 0 Å². The summed E-state index contributed by atoms with van der Waals surface area (Å²) in [6.45, 7) is 1.38. The zero-order valence-corrected chi connectivity index (χ0v) is 7.83. The van der Waals surface area contributed by atoms with Gasteiger partial charge in [-0.25, -0.2) is 4.79 Å². The average Bonchev–Trinajstić information content (AvgIpc) is 2.67. The van der Waals surface area contributed by atoms with E-state index in [4.69, 9.17) is 0 Å². The van der Waals surface area contributed by atoms with Gasteiger partial charge >= 0.3 is 6.03 Å². The maximum atomic E-state index is 11.8. The molecule has 0 unspecified atom stereocenters. The van der Waals surface area contributed by atoms with E-state index in [1.807, 2.05) is 0 Å². The Morgan fingerprint density at radius 2 is 2.08 bits per heavy atom. The van der Waals surface area contributed by atoms with Crippen LogP contribution in [0.15, 0.2) is 0 Å². The van der Waals surface area contributed by atoms with Crippen molar-refractivity contribution in [3.05, 3.63) is 0 Å². The summed E-state index contributed by atoms with van der Waals surface area (Å²) in [7, 11) is 3.23. The summed E-state index contributed by atoms with van der Waals surface area (Å²) in [4.78, 5) is 26.0. The molecule has 0 aromatic carbocycles. The van der Waals surface area contributed by atoms with E-state index in [-0.39, 0.29) is 11.9 Å². The van der Waals surface area contributed by atoms with Crippen molar-refractivity contribution in [1.82, 2.24) is 15.1 Å². The molecule has 2 rings (SSSR count). The number of hydrogen-bond donors (Lipinski definition) is 1. The molecule has 0 aromatic heterocycles. The number of carbonyl (C=O) groups is 2. The Morgan fingerprint density at radius 3 is 2.46 bits per heavy atom. The molecule has 0 bridgehead atoms. The molecule has 1 N–H and O–H groups in total. The lowest BCUT2D eigenvalue weighted by molar-refractivity contribution is -0.131. The van der Waals surface area contributed by atoms with Crippen LogP contribution in [-0.4, -0.2) is 54.5 Å². The molecule has 72 valence electrons. The molecule has 0 aliphatic carbocycles. The van der Waals surface area contributed by atoms with E-state index in [1.165, 1.54) is 11.9 Å². The predicted molar refractivity (Wildman–Crippen MR) is 46.1 cm³/mol. The van der Waals surface area contributed by atoms with Crippen molar-refractivity contribution in [1.29, 1.82) is 0 Å². The maximum Gasteiger partial charge on any atom is 0.327 e.